The molecule has 0 unspecified atom stereocenters. The van der Waals surface area contributed by atoms with Crippen LogP contribution in [-0.4, -0.2) is 74.2 Å². The lowest BCUT2D eigenvalue weighted by Crippen LogP contribution is -2.46. The largest absolute Gasteiger partial charge is 0.379 e. The number of amides is 3. The van der Waals surface area contributed by atoms with Crippen molar-refractivity contribution in [2.45, 2.75) is 12.8 Å². The molecule has 26 heavy (non-hydrogen) atoms. The minimum Gasteiger partial charge on any atom is -0.379 e. The number of morpholine rings is 1. The van der Waals surface area contributed by atoms with Gasteiger partial charge in [-0.2, -0.15) is 0 Å². The van der Waals surface area contributed by atoms with E-state index < -0.39 is 0 Å². The van der Waals surface area contributed by atoms with E-state index in [0.717, 1.165) is 38.5 Å². The molecule has 2 N–H and O–H groups in total. The molecule has 7 heteroatoms. The number of rotatable bonds is 5. The summed E-state index contributed by atoms with van der Waals surface area (Å²) in [5.41, 5.74) is 0.792. The number of likely N-dealkylation sites (tertiary alicyclic amines) is 1. The molecule has 7 nitrogen and oxygen atoms in total. The van der Waals surface area contributed by atoms with Crippen LogP contribution in [0.1, 0.15) is 12.8 Å². The van der Waals surface area contributed by atoms with E-state index in [1.165, 1.54) is 0 Å². The van der Waals surface area contributed by atoms with Crippen molar-refractivity contribution in [3.05, 3.63) is 30.3 Å². The van der Waals surface area contributed by atoms with Gasteiger partial charge in [-0.3, -0.25) is 9.69 Å². The smallest absolute Gasteiger partial charge is 0.321 e. The molecule has 0 spiro atoms. The van der Waals surface area contributed by atoms with Crippen LogP contribution in [-0.2, 0) is 9.53 Å². The van der Waals surface area contributed by atoms with Gasteiger partial charge in [0.1, 0.15) is 0 Å². The molecule has 1 aromatic rings. The van der Waals surface area contributed by atoms with E-state index in [9.17, 15) is 9.59 Å². The number of anilines is 1. The third kappa shape index (κ3) is 5.44. The van der Waals surface area contributed by atoms with Crippen molar-refractivity contribution < 1.29 is 14.3 Å². The molecule has 0 aromatic heterocycles. The van der Waals surface area contributed by atoms with Gasteiger partial charge < -0.3 is 20.3 Å². The summed E-state index contributed by atoms with van der Waals surface area (Å²) in [6, 6.07) is 9.34. The Labute approximate surface area is 154 Å². The zero-order valence-electron chi connectivity index (χ0n) is 15.2. The highest BCUT2D eigenvalue weighted by Crippen LogP contribution is 2.18. The van der Waals surface area contributed by atoms with Gasteiger partial charge in [0.2, 0.25) is 5.91 Å². The first-order chi connectivity index (χ1) is 12.7. The first-order valence-corrected chi connectivity index (χ1v) is 9.41. The zero-order valence-corrected chi connectivity index (χ0v) is 15.2. The third-order valence-corrected chi connectivity index (χ3v) is 5.01. The van der Waals surface area contributed by atoms with Gasteiger partial charge in [-0.15, -0.1) is 0 Å². The van der Waals surface area contributed by atoms with Gasteiger partial charge in [-0.1, -0.05) is 18.2 Å². The number of nitrogens with zero attached hydrogens (tertiary/aromatic N) is 2. The van der Waals surface area contributed by atoms with Crippen LogP contribution in [0.25, 0.3) is 0 Å². The van der Waals surface area contributed by atoms with Crippen molar-refractivity contribution in [3.8, 4) is 0 Å². The molecule has 2 saturated heterocycles. The Hall–Kier alpha value is -2.12. The van der Waals surface area contributed by atoms with Crippen molar-refractivity contribution >= 4 is 17.6 Å². The Morgan fingerprint density at radius 2 is 1.73 bits per heavy atom. The number of nitrogens with one attached hydrogen (secondary N) is 2. The van der Waals surface area contributed by atoms with Gasteiger partial charge in [0, 0.05) is 50.9 Å². The summed E-state index contributed by atoms with van der Waals surface area (Å²) in [5.74, 6) is 0.113. The second-order valence-corrected chi connectivity index (χ2v) is 6.80. The molecule has 3 rings (SSSR count). The van der Waals surface area contributed by atoms with Crippen molar-refractivity contribution in [2.75, 3.05) is 57.8 Å². The van der Waals surface area contributed by atoms with E-state index in [1.54, 1.807) is 4.90 Å². The maximum Gasteiger partial charge on any atom is 0.321 e. The predicted molar refractivity (Wildman–Crippen MR) is 100 cm³/mol. The van der Waals surface area contributed by atoms with Crippen LogP contribution < -0.4 is 10.6 Å². The van der Waals surface area contributed by atoms with E-state index >= 15 is 0 Å². The fourth-order valence-electron chi connectivity index (χ4n) is 3.38. The number of carbonyl (C=O) groups excluding carboxylic acids is 2. The molecular weight excluding hydrogens is 332 g/mol. The Morgan fingerprint density at radius 1 is 1.04 bits per heavy atom. The lowest BCUT2D eigenvalue weighted by molar-refractivity contribution is -0.126. The monoisotopic (exact) mass is 360 g/mol. The van der Waals surface area contributed by atoms with Gasteiger partial charge in [0.15, 0.2) is 0 Å². The molecule has 2 aliphatic rings. The fourth-order valence-corrected chi connectivity index (χ4v) is 3.38. The average molecular weight is 360 g/mol. The Morgan fingerprint density at radius 3 is 2.42 bits per heavy atom. The molecule has 0 aliphatic carbocycles. The number of hydrogen-bond donors (Lipinski definition) is 2. The average Bonchev–Trinajstić information content (AvgIpc) is 2.69. The van der Waals surface area contributed by atoms with E-state index in [-0.39, 0.29) is 17.9 Å². The molecule has 0 saturated carbocycles. The van der Waals surface area contributed by atoms with E-state index in [1.807, 2.05) is 30.3 Å². The summed E-state index contributed by atoms with van der Waals surface area (Å²) < 4.78 is 5.32. The summed E-state index contributed by atoms with van der Waals surface area (Å²) in [4.78, 5) is 28.7. The Bertz CT molecular complexity index is 582. The normalized spacial score (nSPS) is 19.2. The molecule has 2 heterocycles. The van der Waals surface area contributed by atoms with Crippen LogP contribution in [0.5, 0.6) is 0 Å². The van der Waals surface area contributed by atoms with Crippen LogP contribution in [0.15, 0.2) is 30.3 Å². The molecule has 2 fully saturated rings. The van der Waals surface area contributed by atoms with E-state index in [4.69, 9.17) is 4.74 Å². The summed E-state index contributed by atoms with van der Waals surface area (Å²) in [5, 5.41) is 5.94. The fraction of sp³-hybridized carbons (Fsp3) is 0.579. The Kier molecular flexibility index (Phi) is 6.85. The van der Waals surface area contributed by atoms with Crippen LogP contribution in [0, 0.1) is 5.92 Å². The molecule has 2 aliphatic heterocycles. The van der Waals surface area contributed by atoms with Gasteiger partial charge in [0.05, 0.1) is 13.2 Å². The lowest BCUT2D eigenvalue weighted by Gasteiger charge is -2.31. The molecule has 0 bridgehead atoms. The van der Waals surface area contributed by atoms with Crippen LogP contribution in [0.4, 0.5) is 10.5 Å². The van der Waals surface area contributed by atoms with Crippen LogP contribution in [0.2, 0.25) is 0 Å². The first-order valence-electron chi connectivity index (χ1n) is 9.41. The van der Waals surface area contributed by atoms with Crippen molar-refractivity contribution in [1.29, 1.82) is 0 Å². The number of piperidine rings is 1. The number of benzene rings is 1. The quantitative estimate of drug-likeness (QED) is 0.832. The Balaban J connectivity index is 1.34. The number of ether oxygens (including phenoxy) is 1. The second-order valence-electron chi connectivity index (χ2n) is 6.80. The first kappa shape index (κ1) is 18.7. The van der Waals surface area contributed by atoms with Crippen LogP contribution in [0.3, 0.4) is 0 Å². The number of urea groups is 1. The summed E-state index contributed by atoms with van der Waals surface area (Å²) in [6.07, 6.45) is 1.43. The van der Waals surface area contributed by atoms with Gasteiger partial charge in [-0.05, 0) is 25.0 Å². The maximum atomic E-state index is 12.3. The summed E-state index contributed by atoms with van der Waals surface area (Å²) in [7, 11) is 0. The maximum absolute atomic E-state index is 12.3. The molecular formula is C19H28N4O3. The SMILES string of the molecule is O=C(NCCN1CCOCC1)C1CCN(C(=O)Nc2ccccc2)CC1. The minimum atomic E-state index is -0.0950. The molecule has 0 radical (unpaired) electrons. The molecule has 3 amide bonds. The van der Waals surface area contributed by atoms with Crippen molar-refractivity contribution in [2.24, 2.45) is 5.92 Å². The summed E-state index contributed by atoms with van der Waals surface area (Å²) >= 11 is 0. The highest BCUT2D eigenvalue weighted by atomic mass is 16.5. The topological polar surface area (TPSA) is 73.9 Å². The standard InChI is InChI=1S/C19H28N4O3/c24-18(20-8-11-22-12-14-26-15-13-22)16-6-9-23(10-7-16)19(25)21-17-4-2-1-3-5-17/h1-5,16H,6-15H2,(H,20,24)(H,21,25). The number of para-hydroxylation sites is 1. The highest BCUT2D eigenvalue weighted by molar-refractivity contribution is 5.89. The van der Waals surface area contributed by atoms with Crippen molar-refractivity contribution in [1.82, 2.24) is 15.1 Å². The summed E-state index contributed by atoms with van der Waals surface area (Å²) in [6.45, 7) is 6.19. The number of carbonyl (C=O) groups is 2. The van der Waals surface area contributed by atoms with E-state index in [2.05, 4.69) is 15.5 Å². The predicted octanol–water partition coefficient (Wildman–Crippen LogP) is 1.38. The van der Waals surface area contributed by atoms with E-state index in [0.29, 0.717) is 32.5 Å². The van der Waals surface area contributed by atoms with Gasteiger partial charge >= 0.3 is 6.03 Å². The molecule has 0 atom stereocenters. The molecule has 142 valence electrons. The molecule has 1 aromatic carbocycles. The van der Waals surface area contributed by atoms with Gasteiger partial charge in [0.25, 0.3) is 0 Å². The zero-order chi connectivity index (χ0) is 18.2. The third-order valence-electron chi connectivity index (χ3n) is 5.01. The second kappa shape index (κ2) is 9.54. The lowest BCUT2D eigenvalue weighted by atomic mass is 9.96. The number of hydrogen-bond acceptors (Lipinski definition) is 4. The van der Waals surface area contributed by atoms with Gasteiger partial charge in [-0.25, -0.2) is 4.79 Å². The highest BCUT2D eigenvalue weighted by Gasteiger charge is 2.27. The van der Waals surface area contributed by atoms with Crippen LogP contribution >= 0.6 is 0 Å². The minimum absolute atomic E-state index is 0.000430. The van der Waals surface area contributed by atoms with Crippen molar-refractivity contribution in [3.63, 3.8) is 0 Å².